The number of anilines is 1. The van der Waals surface area contributed by atoms with Crippen molar-refractivity contribution < 1.29 is 14.2 Å². The number of methoxy groups -OCH3 is 3. The molecule has 108 valence electrons. The van der Waals surface area contributed by atoms with Crippen molar-refractivity contribution in [1.82, 2.24) is 0 Å². The average molecular weight is 268 g/mol. The molecule has 1 unspecified atom stereocenters. The molecule has 1 atom stereocenters. The molecule has 5 heteroatoms. The lowest BCUT2D eigenvalue weighted by molar-refractivity contribution is 0.349. The summed E-state index contributed by atoms with van der Waals surface area (Å²) in [5.74, 6) is 2.42. The zero-order chi connectivity index (χ0) is 14.4. The van der Waals surface area contributed by atoms with Crippen LogP contribution in [0.3, 0.4) is 0 Å². The van der Waals surface area contributed by atoms with Crippen LogP contribution in [0, 0.1) is 5.92 Å². The van der Waals surface area contributed by atoms with Crippen LogP contribution in [0.15, 0.2) is 12.1 Å². The van der Waals surface area contributed by atoms with Gasteiger partial charge in [-0.05, 0) is 5.92 Å². The van der Waals surface area contributed by atoms with E-state index in [0.717, 1.165) is 5.69 Å². The second kappa shape index (κ2) is 7.09. The Balaban J connectivity index is 3.11. The average Bonchev–Trinajstić information content (AvgIpc) is 2.43. The van der Waals surface area contributed by atoms with E-state index >= 15 is 0 Å². The predicted molar refractivity (Wildman–Crippen MR) is 77.4 cm³/mol. The molecule has 0 aliphatic heterocycles. The van der Waals surface area contributed by atoms with Gasteiger partial charge in [0, 0.05) is 24.7 Å². The fraction of sp³-hybridized carbons (Fsp3) is 0.571. The normalized spacial score (nSPS) is 12.2. The molecule has 0 fully saturated rings. The molecule has 0 saturated heterocycles. The van der Waals surface area contributed by atoms with Crippen LogP contribution in [0.1, 0.15) is 13.8 Å². The number of rotatable bonds is 7. The summed E-state index contributed by atoms with van der Waals surface area (Å²) in [6, 6.07) is 3.84. The Kier molecular flexibility index (Phi) is 5.76. The minimum atomic E-state index is 0.173. The van der Waals surface area contributed by atoms with Gasteiger partial charge in [-0.2, -0.15) is 0 Å². The Labute approximate surface area is 115 Å². The van der Waals surface area contributed by atoms with Crippen LogP contribution < -0.4 is 25.3 Å². The highest BCUT2D eigenvalue weighted by Gasteiger charge is 2.16. The lowest BCUT2D eigenvalue weighted by atomic mass is 10.0. The topological polar surface area (TPSA) is 65.7 Å². The third kappa shape index (κ3) is 3.67. The zero-order valence-electron chi connectivity index (χ0n) is 12.3. The van der Waals surface area contributed by atoms with Crippen LogP contribution in [-0.2, 0) is 0 Å². The van der Waals surface area contributed by atoms with Crippen LogP contribution >= 0.6 is 0 Å². The number of nitrogens with two attached hydrogens (primary N) is 1. The summed E-state index contributed by atoms with van der Waals surface area (Å²) >= 11 is 0. The second-order valence-corrected chi connectivity index (χ2v) is 4.64. The van der Waals surface area contributed by atoms with Crippen molar-refractivity contribution in [3.63, 3.8) is 0 Å². The summed E-state index contributed by atoms with van der Waals surface area (Å²) in [6.07, 6.45) is 0. The van der Waals surface area contributed by atoms with E-state index in [4.69, 9.17) is 19.9 Å². The smallest absolute Gasteiger partial charge is 0.164 e. The molecule has 0 aromatic heterocycles. The van der Waals surface area contributed by atoms with E-state index in [1.54, 1.807) is 27.4 Å². The molecular weight excluding hydrogens is 244 g/mol. The highest BCUT2D eigenvalue weighted by Crippen LogP contribution is 2.38. The Morgan fingerprint density at radius 1 is 1.00 bits per heavy atom. The minimum absolute atomic E-state index is 0.173. The summed E-state index contributed by atoms with van der Waals surface area (Å²) < 4.78 is 15.9. The third-order valence-electron chi connectivity index (χ3n) is 3.11. The SMILES string of the molecule is COc1cc(OC)c(OC)cc1NC(CN)C(C)C. The van der Waals surface area contributed by atoms with Crippen molar-refractivity contribution in [3.8, 4) is 17.2 Å². The first kappa shape index (κ1) is 15.4. The molecule has 1 aromatic carbocycles. The van der Waals surface area contributed by atoms with E-state index in [-0.39, 0.29) is 6.04 Å². The van der Waals surface area contributed by atoms with E-state index in [1.165, 1.54) is 0 Å². The fourth-order valence-corrected chi connectivity index (χ4v) is 1.84. The van der Waals surface area contributed by atoms with E-state index in [9.17, 15) is 0 Å². The second-order valence-electron chi connectivity index (χ2n) is 4.64. The van der Waals surface area contributed by atoms with Gasteiger partial charge >= 0.3 is 0 Å². The van der Waals surface area contributed by atoms with Gasteiger partial charge in [0.05, 0.1) is 27.0 Å². The minimum Gasteiger partial charge on any atom is -0.494 e. The van der Waals surface area contributed by atoms with Crippen molar-refractivity contribution in [1.29, 1.82) is 0 Å². The molecule has 19 heavy (non-hydrogen) atoms. The lowest BCUT2D eigenvalue weighted by Gasteiger charge is -2.24. The lowest BCUT2D eigenvalue weighted by Crippen LogP contribution is -2.33. The van der Waals surface area contributed by atoms with E-state index in [1.807, 2.05) is 6.07 Å². The molecule has 0 aliphatic rings. The molecule has 5 nitrogen and oxygen atoms in total. The standard InChI is InChI=1S/C14H24N2O3/c1-9(2)11(8-15)16-10-6-13(18-4)14(19-5)7-12(10)17-3/h6-7,9,11,16H,8,15H2,1-5H3. The number of hydrogen-bond donors (Lipinski definition) is 2. The Morgan fingerprint density at radius 3 is 1.95 bits per heavy atom. The first-order valence-electron chi connectivity index (χ1n) is 6.34. The van der Waals surface area contributed by atoms with Gasteiger partial charge in [0.15, 0.2) is 11.5 Å². The molecule has 0 spiro atoms. The largest absolute Gasteiger partial charge is 0.494 e. The van der Waals surface area contributed by atoms with E-state index in [0.29, 0.717) is 29.7 Å². The molecule has 0 saturated carbocycles. The van der Waals surface area contributed by atoms with Gasteiger partial charge in [-0.15, -0.1) is 0 Å². The molecular formula is C14H24N2O3. The molecule has 0 heterocycles. The van der Waals surface area contributed by atoms with Crippen molar-refractivity contribution in [2.45, 2.75) is 19.9 Å². The monoisotopic (exact) mass is 268 g/mol. The van der Waals surface area contributed by atoms with Gasteiger partial charge in [0.1, 0.15) is 5.75 Å². The predicted octanol–water partition coefficient (Wildman–Crippen LogP) is 2.11. The highest BCUT2D eigenvalue weighted by atomic mass is 16.5. The molecule has 1 aromatic rings. The van der Waals surface area contributed by atoms with Gasteiger partial charge in [0.25, 0.3) is 0 Å². The van der Waals surface area contributed by atoms with E-state index < -0.39 is 0 Å². The van der Waals surface area contributed by atoms with Gasteiger partial charge in [-0.3, -0.25) is 0 Å². The maximum Gasteiger partial charge on any atom is 0.164 e. The van der Waals surface area contributed by atoms with Gasteiger partial charge in [-0.25, -0.2) is 0 Å². The number of ether oxygens (including phenoxy) is 3. The summed E-state index contributed by atoms with van der Waals surface area (Å²) in [5, 5.41) is 3.39. The van der Waals surface area contributed by atoms with Crippen molar-refractivity contribution in [2.24, 2.45) is 11.7 Å². The number of benzene rings is 1. The van der Waals surface area contributed by atoms with Gasteiger partial charge in [0.2, 0.25) is 0 Å². The molecule has 0 bridgehead atoms. The molecule has 1 rings (SSSR count). The Morgan fingerprint density at radius 2 is 1.53 bits per heavy atom. The van der Waals surface area contributed by atoms with Crippen molar-refractivity contribution >= 4 is 5.69 Å². The molecule has 3 N–H and O–H groups in total. The van der Waals surface area contributed by atoms with Crippen molar-refractivity contribution in [2.75, 3.05) is 33.2 Å². The maximum absolute atomic E-state index is 5.78. The van der Waals surface area contributed by atoms with Crippen LogP contribution in [0.5, 0.6) is 17.2 Å². The van der Waals surface area contributed by atoms with Crippen LogP contribution in [0.4, 0.5) is 5.69 Å². The Hall–Kier alpha value is -1.62. The first-order chi connectivity index (χ1) is 9.07. The number of nitrogens with one attached hydrogen (secondary N) is 1. The molecule has 0 aliphatic carbocycles. The first-order valence-corrected chi connectivity index (χ1v) is 6.34. The van der Waals surface area contributed by atoms with Crippen molar-refractivity contribution in [3.05, 3.63) is 12.1 Å². The van der Waals surface area contributed by atoms with Gasteiger partial charge < -0.3 is 25.3 Å². The highest BCUT2D eigenvalue weighted by molar-refractivity contribution is 5.65. The third-order valence-corrected chi connectivity index (χ3v) is 3.11. The summed E-state index contributed by atoms with van der Waals surface area (Å²) in [7, 11) is 4.83. The fourth-order valence-electron chi connectivity index (χ4n) is 1.84. The van der Waals surface area contributed by atoms with E-state index in [2.05, 4.69) is 19.2 Å². The maximum atomic E-state index is 5.78. The molecule has 0 radical (unpaired) electrons. The summed E-state index contributed by atoms with van der Waals surface area (Å²) in [4.78, 5) is 0. The Bertz CT molecular complexity index is 408. The summed E-state index contributed by atoms with van der Waals surface area (Å²) in [5.41, 5.74) is 6.63. The zero-order valence-corrected chi connectivity index (χ0v) is 12.3. The summed E-state index contributed by atoms with van der Waals surface area (Å²) in [6.45, 7) is 4.80. The quantitative estimate of drug-likeness (QED) is 0.793. The van der Waals surface area contributed by atoms with Gasteiger partial charge in [-0.1, -0.05) is 13.8 Å². The van der Waals surface area contributed by atoms with Crippen LogP contribution in [-0.4, -0.2) is 33.9 Å². The molecule has 0 amide bonds. The number of hydrogen-bond acceptors (Lipinski definition) is 5. The van der Waals surface area contributed by atoms with Crippen LogP contribution in [0.25, 0.3) is 0 Å². The van der Waals surface area contributed by atoms with Crippen LogP contribution in [0.2, 0.25) is 0 Å².